The topological polar surface area (TPSA) is 101 Å². The normalized spacial score (nSPS) is 13.3. The van der Waals surface area contributed by atoms with Crippen molar-refractivity contribution >= 4 is 35.9 Å². The van der Waals surface area contributed by atoms with E-state index in [0.717, 1.165) is 50.8 Å². The lowest BCUT2D eigenvalue weighted by Gasteiger charge is -2.20. The minimum atomic E-state index is -1.06. The molecule has 0 bridgehead atoms. The lowest BCUT2D eigenvalue weighted by Crippen LogP contribution is -2.39. The summed E-state index contributed by atoms with van der Waals surface area (Å²) >= 11 is 0. The van der Waals surface area contributed by atoms with Crippen LogP contribution in [0.15, 0.2) is 17.4 Å². The van der Waals surface area contributed by atoms with Crippen LogP contribution in [0, 0.1) is 0 Å². The number of aliphatic hydroxyl groups is 1. The lowest BCUT2D eigenvalue weighted by molar-refractivity contribution is -0.143. The number of carbonyl (C=O) groups is 1. The number of halogens is 1. The number of unbranched alkanes of at least 4 members (excludes halogenated alkanes) is 4. The van der Waals surface area contributed by atoms with Crippen molar-refractivity contribution in [2.45, 2.75) is 64.9 Å². The molecule has 3 N–H and O–H groups in total. The number of nitrogens with zero attached hydrogens (tertiary/aromatic N) is 3. The second-order valence-corrected chi connectivity index (χ2v) is 7.12. The van der Waals surface area contributed by atoms with Gasteiger partial charge in [0.2, 0.25) is 0 Å². The van der Waals surface area contributed by atoms with Crippen molar-refractivity contribution in [2.75, 3.05) is 26.2 Å². The number of carbonyl (C=O) groups excluding carboxylic acids is 1. The first-order valence-electron chi connectivity index (χ1n) is 10.3. The molecule has 1 heterocycles. The van der Waals surface area contributed by atoms with E-state index in [2.05, 4.69) is 20.7 Å². The minimum Gasteiger partial charge on any atom is -0.466 e. The Morgan fingerprint density at radius 2 is 1.93 bits per heavy atom. The van der Waals surface area contributed by atoms with Crippen LogP contribution in [0.25, 0.3) is 0 Å². The third-order valence-electron chi connectivity index (χ3n) is 4.37. The van der Waals surface area contributed by atoms with E-state index in [1.54, 1.807) is 24.0 Å². The van der Waals surface area contributed by atoms with Gasteiger partial charge >= 0.3 is 5.97 Å². The molecule has 0 aliphatic carbocycles. The maximum atomic E-state index is 11.3. The molecule has 29 heavy (non-hydrogen) atoms. The van der Waals surface area contributed by atoms with E-state index >= 15 is 0 Å². The Kier molecular flexibility index (Phi) is 14.8. The first-order valence-corrected chi connectivity index (χ1v) is 10.3. The Labute approximate surface area is 191 Å². The van der Waals surface area contributed by atoms with Crippen molar-refractivity contribution in [1.29, 1.82) is 0 Å². The fourth-order valence-corrected chi connectivity index (χ4v) is 2.73. The third-order valence-corrected chi connectivity index (χ3v) is 4.37. The molecule has 1 rings (SSSR count). The second-order valence-electron chi connectivity index (χ2n) is 7.12. The van der Waals surface area contributed by atoms with Crippen molar-refractivity contribution in [2.24, 2.45) is 12.0 Å². The van der Waals surface area contributed by atoms with E-state index in [1.165, 1.54) is 0 Å². The highest BCUT2D eigenvalue weighted by Crippen LogP contribution is 2.19. The van der Waals surface area contributed by atoms with Crippen LogP contribution in [0.3, 0.4) is 0 Å². The van der Waals surface area contributed by atoms with Crippen LogP contribution in [0.5, 0.6) is 0 Å². The molecule has 0 aliphatic heterocycles. The molecule has 1 aromatic heterocycles. The smallest absolute Gasteiger partial charge is 0.305 e. The van der Waals surface area contributed by atoms with Gasteiger partial charge in [0.05, 0.1) is 19.3 Å². The summed E-state index contributed by atoms with van der Waals surface area (Å²) in [5.41, 5.74) is -0.312. The number of esters is 1. The van der Waals surface area contributed by atoms with Crippen molar-refractivity contribution < 1.29 is 14.6 Å². The summed E-state index contributed by atoms with van der Waals surface area (Å²) in [6.45, 7) is 7.87. The number of aryl methyl sites for hydroxylation is 1. The van der Waals surface area contributed by atoms with Gasteiger partial charge in [-0.15, -0.1) is 24.0 Å². The Morgan fingerprint density at radius 3 is 2.55 bits per heavy atom. The maximum absolute atomic E-state index is 11.3. The highest BCUT2D eigenvalue weighted by atomic mass is 127. The quantitative estimate of drug-likeness (QED) is 0.121. The lowest BCUT2D eigenvalue weighted by atomic mass is 10.0. The molecule has 0 saturated carbocycles. The molecular formula is C20H38IN5O3. The molecule has 0 aliphatic rings. The van der Waals surface area contributed by atoms with E-state index < -0.39 is 5.60 Å². The molecule has 0 saturated heterocycles. The summed E-state index contributed by atoms with van der Waals surface area (Å²) in [6, 6.07) is 0. The van der Waals surface area contributed by atoms with E-state index in [9.17, 15) is 9.90 Å². The Balaban J connectivity index is 0.00000784. The highest BCUT2D eigenvalue weighted by Gasteiger charge is 2.24. The van der Waals surface area contributed by atoms with E-state index in [-0.39, 0.29) is 36.5 Å². The van der Waals surface area contributed by atoms with Gasteiger partial charge in [0.15, 0.2) is 5.96 Å². The number of aliphatic imine (C=N–C) groups is 1. The standard InChI is InChI=1S/C20H37N5O3.HI/c1-5-21-19(23-16-20(3,27)17-14-24-25(4)15-17)22-13-11-9-7-8-10-12-18(26)28-6-2;/h14-15,27H,5-13,16H2,1-4H3,(H2,21,22,23);1H. The molecule has 0 aromatic carbocycles. The van der Waals surface area contributed by atoms with Gasteiger partial charge in [0.25, 0.3) is 0 Å². The first kappa shape index (κ1) is 27.6. The number of hydrogen-bond donors (Lipinski definition) is 3. The van der Waals surface area contributed by atoms with Crippen molar-refractivity contribution in [3.63, 3.8) is 0 Å². The third kappa shape index (κ3) is 12.0. The first-order chi connectivity index (χ1) is 13.4. The monoisotopic (exact) mass is 523 g/mol. The molecule has 0 spiro atoms. The van der Waals surface area contributed by atoms with Crippen LogP contribution in [-0.4, -0.2) is 53.1 Å². The summed E-state index contributed by atoms with van der Waals surface area (Å²) in [5.74, 6) is 0.604. The van der Waals surface area contributed by atoms with Crippen LogP contribution >= 0.6 is 24.0 Å². The maximum Gasteiger partial charge on any atom is 0.305 e. The summed E-state index contributed by atoms with van der Waals surface area (Å²) in [5, 5.41) is 21.3. The number of aromatic nitrogens is 2. The largest absolute Gasteiger partial charge is 0.466 e. The molecule has 8 nitrogen and oxygen atoms in total. The summed E-state index contributed by atoms with van der Waals surface area (Å²) in [6.07, 6.45) is 9.15. The van der Waals surface area contributed by atoms with Gasteiger partial charge in [0.1, 0.15) is 5.60 Å². The van der Waals surface area contributed by atoms with Gasteiger partial charge in [-0.2, -0.15) is 5.10 Å². The molecule has 0 fully saturated rings. The van der Waals surface area contributed by atoms with Crippen LogP contribution in [0.4, 0.5) is 0 Å². The second kappa shape index (κ2) is 15.5. The molecule has 0 amide bonds. The fraction of sp³-hybridized carbons (Fsp3) is 0.750. The van der Waals surface area contributed by atoms with Gasteiger partial charge in [-0.3, -0.25) is 9.48 Å². The average Bonchev–Trinajstić information content (AvgIpc) is 3.09. The van der Waals surface area contributed by atoms with Gasteiger partial charge in [-0.25, -0.2) is 4.99 Å². The fourth-order valence-electron chi connectivity index (χ4n) is 2.73. The van der Waals surface area contributed by atoms with Crippen LogP contribution in [-0.2, 0) is 22.2 Å². The van der Waals surface area contributed by atoms with E-state index in [1.807, 2.05) is 20.9 Å². The SMILES string of the molecule is CCNC(=NCC(C)(O)c1cnn(C)c1)NCCCCCCCC(=O)OCC.I. The summed E-state index contributed by atoms with van der Waals surface area (Å²) in [7, 11) is 1.82. The summed E-state index contributed by atoms with van der Waals surface area (Å²) < 4.78 is 6.59. The number of rotatable bonds is 13. The molecular weight excluding hydrogens is 485 g/mol. The van der Waals surface area contributed by atoms with E-state index in [0.29, 0.717) is 19.0 Å². The van der Waals surface area contributed by atoms with Crippen molar-refractivity contribution in [1.82, 2.24) is 20.4 Å². The molecule has 168 valence electrons. The average molecular weight is 523 g/mol. The van der Waals surface area contributed by atoms with Gasteiger partial charge in [0, 0.05) is 38.3 Å². The number of hydrogen-bond acceptors (Lipinski definition) is 5. The summed E-state index contributed by atoms with van der Waals surface area (Å²) in [4.78, 5) is 15.8. The Bertz CT molecular complexity index is 605. The van der Waals surface area contributed by atoms with Crippen LogP contribution in [0.2, 0.25) is 0 Å². The molecule has 1 atom stereocenters. The van der Waals surface area contributed by atoms with Crippen LogP contribution in [0.1, 0.15) is 64.9 Å². The Morgan fingerprint density at radius 1 is 1.24 bits per heavy atom. The number of nitrogens with one attached hydrogen (secondary N) is 2. The zero-order chi connectivity index (χ0) is 20.8. The minimum absolute atomic E-state index is 0. The van der Waals surface area contributed by atoms with Crippen LogP contribution < -0.4 is 10.6 Å². The van der Waals surface area contributed by atoms with Gasteiger partial charge < -0.3 is 20.5 Å². The molecule has 1 unspecified atom stereocenters. The molecule has 9 heteroatoms. The predicted octanol–water partition coefficient (Wildman–Crippen LogP) is 2.70. The zero-order valence-electron chi connectivity index (χ0n) is 18.2. The molecule has 0 radical (unpaired) electrons. The van der Waals surface area contributed by atoms with Crippen molar-refractivity contribution in [3.05, 3.63) is 18.0 Å². The number of guanidine groups is 1. The predicted molar refractivity (Wildman–Crippen MR) is 127 cm³/mol. The highest BCUT2D eigenvalue weighted by molar-refractivity contribution is 14.0. The van der Waals surface area contributed by atoms with E-state index in [4.69, 9.17) is 4.74 Å². The molecule has 1 aromatic rings. The zero-order valence-corrected chi connectivity index (χ0v) is 20.6. The van der Waals surface area contributed by atoms with Gasteiger partial charge in [-0.05, 0) is 33.6 Å². The Hall–Kier alpha value is -1.36. The number of ether oxygens (including phenoxy) is 1. The van der Waals surface area contributed by atoms with Gasteiger partial charge in [-0.1, -0.05) is 19.3 Å². The van der Waals surface area contributed by atoms with Crippen molar-refractivity contribution in [3.8, 4) is 0 Å².